The van der Waals surface area contributed by atoms with E-state index in [1.54, 1.807) is 6.20 Å². The zero-order chi connectivity index (χ0) is 16.1. The number of nitrogens with zero attached hydrogens (tertiary/aromatic N) is 4. The molecule has 0 bridgehead atoms. The molecule has 7 nitrogen and oxygen atoms in total. The summed E-state index contributed by atoms with van der Waals surface area (Å²) in [4.78, 5) is 22.9. The van der Waals surface area contributed by atoms with Gasteiger partial charge in [0.15, 0.2) is 0 Å². The Morgan fingerprint density at radius 1 is 1.43 bits per heavy atom. The van der Waals surface area contributed by atoms with Crippen LogP contribution < -0.4 is 11.1 Å². The average molecular weight is 316 g/mol. The molecule has 2 aromatic rings. The van der Waals surface area contributed by atoms with Crippen LogP contribution >= 0.6 is 0 Å². The number of likely N-dealkylation sites (tertiary alicyclic amines) is 1. The number of nitrogens with one attached hydrogen (secondary N) is 1. The van der Waals surface area contributed by atoms with Crippen LogP contribution in [-0.2, 0) is 11.3 Å². The summed E-state index contributed by atoms with van der Waals surface area (Å²) in [5, 5.41) is 3.00. The Hall–Kier alpha value is -1.99. The van der Waals surface area contributed by atoms with E-state index in [1.165, 1.54) is 12.8 Å². The Morgan fingerprint density at radius 2 is 2.35 bits per heavy atom. The minimum Gasteiger partial charge on any atom is -0.354 e. The van der Waals surface area contributed by atoms with Gasteiger partial charge in [-0.3, -0.25) is 14.1 Å². The first kappa shape index (κ1) is 15.9. The van der Waals surface area contributed by atoms with Gasteiger partial charge in [-0.15, -0.1) is 0 Å². The summed E-state index contributed by atoms with van der Waals surface area (Å²) in [6, 6.07) is 2.26. The first-order chi connectivity index (χ1) is 11.3. The lowest BCUT2D eigenvalue weighted by atomic mass is 10.0. The summed E-state index contributed by atoms with van der Waals surface area (Å²) < 4.78 is 1.94. The highest BCUT2D eigenvalue weighted by Gasteiger charge is 2.23. The fraction of sp³-hybridized carbons (Fsp3) is 0.562. The first-order valence-electron chi connectivity index (χ1n) is 8.25. The molecule has 1 saturated heterocycles. The number of hydrogen-bond donors (Lipinski definition) is 2. The molecule has 3 rings (SSSR count). The molecule has 1 unspecified atom stereocenters. The van der Waals surface area contributed by atoms with Gasteiger partial charge in [-0.05, 0) is 25.5 Å². The van der Waals surface area contributed by atoms with Crippen molar-refractivity contribution in [2.75, 3.05) is 19.6 Å². The predicted octanol–water partition coefficient (Wildman–Crippen LogP) is 0.549. The van der Waals surface area contributed by atoms with Gasteiger partial charge in [-0.1, -0.05) is 6.42 Å². The van der Waals surface area contributed by atoms with Crippen LogP contribution in [0.1, 0.15) is 31.4 Å². The molecule has 0 spiro atoms. The van der Waals surface area contributed by atoms with Gasteiger partial charge in [0.05, 0.1) is 5.69 Å². The molecule has 1 amide bonds. The molecule has 1 atom stereocenters. The number of amides is 1. The monoisotopic (exact) mass is 316 g/mol. The van der Waals surface area contributed by atoms with Crippen molar-refractivity contribution in [2.24, 2.45) is 5.73 Å². The maximum Gasteiger partial charge on any atom is 0.233 e. The van der Waals surface area contributed by atoms with Crippen molar-refractivity contribution in [3.05, 3.63) is 30.4 Å². The molecule has 1 aliphatic rings. The zero-order valence-corrected chi connectivity index (χ0v) is 13.3. The van der Waals surface area contributed by atoms with Crippen molar-refractivity contribution in [2.45, 2.75) is 38.3 Å². The van der Waals surface area contributed by atoms with E-state index in [1.807, 2.05) is 22.9 Å². The fourth-order valence-corrected chi connectivity index (χ4v) is 3.11. The molecule has 0 aliphatic carbocycles. The van der Waals surface area contributed by atoms with Crippen LogP contribution in [0.15, 0.2) is 24.7 Å². The highest BCUT2D eigenvalue weighted by Crippen LogP contribution is 2.19. The molecule has 1 aliphatic heterocycles. The van der Waals surface area contributed by atoms with E-state index in [9.17, 15) is 4.79 Å². The van der Waals surface area contributed by atoms with Crippen LogP contribution in [0.3, 0.4) is 0 Å². The first-order valence-corrected chi connectivity index (χ1v) is 8.25. The SMILES string of the molecule is NCCC(=O)NCC1CCCCN1Cc1cn2cccnc2n1. The molecule has 23 heavy (non-hydrogen) atoms. The highest BCUT2D eigenvalue weighted by molar-refractivity contribution is 5.76. The summed E-state index contributed by atoms with van der Waals surface area (Å²) in [6.45, 7) is 2.92. The molecule has 3 N–H and O–H groups in total. The lowest BCUT2D eigenvalue weighted by molar-refractivity contribution is -0.121. The number of carbonyl (C=O) groups is 1. The average Bonchev–Trinajstić information content (AvgIpc) is 2.96. The van der Waals surface area contributed by atoms with E-state index in [0.717, 1.165) is 31.0 Å². The van der Waals surface area contributed by atoms with E-state index < -0.39 is 0 Å². The van der Waals surface area contributed by atoms with Crippen LogP contribution in [0.4, 0.5) is 0 Å². The molecular formula is C16H24N6O. The van der Waals surface area contributed by atoms with Crippen LogP contribution in [0.25, 0.3) is 5.78 Å². The smallest absolute Gasteiger partial charge is 0.233 e. The summed E-state index contributed by atoms with van der Waals surface area (Å²) in [5.41, 5.74) is 6.43. The van der Waals surface area contributed by atoms with E-state index >= 15 is 0 Å². The van der Waals surface area contributed by atoms with Gasteiger partial charge < -0.3 is 11.1 Å². The second-order valence-electron chi connectivity index (χ2n) is 6.02. The van der Waals surface area contributed by atoms with Crippen molar-refractivity contribution in [3.8, 4) is 0 Å². The van der Waals surface area contributed by atoms with Gasteiger partial charge in [0, 0.05) is 50.7 Å². The van der Waals surface area contributed by atoms with Crippen LogP contribution in [0, 0.1) is 0 Å². The van der Waals surface area contributed by atoms with Crippen LogP contribution in [0.2, 0.25) is 0 Å². The standard InChI is InChI=1S/C16H24N6O/c17-6-5-15(23)19-10-14-4-1-2-8-21(14)11-13-12-22-9-3-7-18-16(22)20-13/h3,7,9,12,14H,1-2,4-6,8,10-11,17H2,(H,19,23). The quantitative estimate of drug-likeness (QED) is 0.812. The second kappa shape index (κ2) is 7.52. The van der Waals surface area contributed by atoms with Crippen molar-refractivity contribution in [1.29, 1.82) is 0 Å². The Morgan fingerprint density at radius 3 is 3.17 bits per heavy atom. The summed E-state index contributed by atoms with van der Waals surface area (Å²) >= 11 is 0. The molecular weight excluding hydrogens is 292 g/mol. The largest absolute Gasteiger partial charge is 0.354 e. The van der Waals surface area contributed by atoms with Crippen molar-refractivity contribution in [3.63, 3.8) is 0 Å². The number of imidazole rings is 1. The van der Waals surface area contributed by atoms with E-state index in [0.29, 0.717) is 25.6 Å². The van der Waals surface area contributed by atoms with Gasteiger partial charge in [-0.2, -0.15) is 0 Å². The number of hydrogen-bond acceptors (Lipinski definition) is 5. The van der Waals surface area contributed by atoms with Crippen molar-refractivity contribution < 1.29 is 4.79 Å². The van der Waals surface area contributed by atoms with Gasteiger partial charge in [0.2, 0.25) is 11.7 Å². The molecule has 124 valence electrons. The number of fused-ring (bicyclic) bond motifs is 1. The molecule has 7 heteroatoms. The fourth-order valence-electron chi connectivity index (χ4n) is 3.11. The van der Waals surface area contributed by atoms with Gasteiger partial charge in [0.1, 0.15) is 0 Å². The summed E-state index contributed by atoms with van der Waals surface area (Å²) in [7, 11) is 0. The molecule has 0 aromatic carbocycles. The molecule has 0 saturated carbocycles. The second-order valence-corrected chi connectivity index (χ2v) is 6.02. The minimum absolute atomic E-state index is 0.0370. The third-order valence-corrected chi connectivity index (χ3v) is 4.31. The van der Waals surface area contributed by atoms with Crippen molar-refractivity contribution in [1.82, 2.24) is 24.6 Å². The third kappa shape index (κ3) is 4.05. The zero-order valence-electron chi connectivity index (χ0n) is 13.3. The maximum absolute atomic E-state index is 11.6. The van der Waals surface area contributed by atoms with Gasteiger partial charge in [-0.25, -0.2) is 9.97 Å². The molecule has 2 aromatic heterocycles. The number of carbonyl (C=O) groups excluding carboxylic acids is 1. The normalized spacial score (nSPS) is 19.1. The number of piperidine rings is 1. The lowest BCUT2D eigenvalue weighted by Gasteiger charge is -2.35. The number of aromatic nitrogens is 3. The van der Waals surface area contributed by atoms with E-state index in [2.05, 4.69) is 20.2 Å². The Bertz CT molecular complexity index is 622. The van der Waals surface area contributed by atoms with Gasteiger partial charge in [0.25, 0.3) is 0 Å². The number of rotatable bonds is 6. The highest BCUT2D eigenvalue weighted by atomic mass is 16.1. The topological polar surface area (TPSA) is 88.6 Å². The van der Waals surface area contributed by atoms with Gasteiger partial charge >= 0.3 is 0 Å². The molecule has 1 fully saturated rings. The summed E-state index contributed by atoms with van der Waals surface area (Å²) in [5.74, 6) is 0.766. The van der Waals surface area contributed by atoms with E-state index in [4.69, 9.17) is 5.73 Å². The van der Waals surface area contributed by atoms with E-state index in [-0.39, 0.29) is 5.91 Å². The third-order valence-electron chi connectivity index (χ3n) is 4.31. The number of nitrogens with two attached hydrogens (primary N) is 1. The molecule has 0 radical (unpaired) electrons. The Labute approximate surface area is 135 Å². The lowest BCUT2D eigenvalue weighted by Crippen LogP contribution is -2.46. The van der Waals surface area contributed by atoms with Crippen molar-refractivity contribution >= 4 is 11.7 Å². The Balaban J connectivity index is 1.62. The Kier molecular flexibility index (Phi) is 5.19. The maximum atomic E-state index is 11.6. The molecule has 3 heterocycles. The predicted molar refractivity (Wildman–Crippen MR) is 87.7 cm³/mol. The van der Waals surface area contributed by atoms with Crippen LogP contribution in [0.5, 0.6) is 0 Å². The minimum atomic E-state index is 0.0370. The van der Waals surface area contributed by atoms with Crippen LogP contribution in [-0.4, -0.2) is 50.9 Å². The summed E-state index contributed by atoms with van der Waals surface area (Å²) in [6.07, 6.45) is 9.64.